The number of urea groups is 1. The Morgan fingerprint density at radius 2 is 1.79 bits per heavy atom. The third kappa shape index (κ3) is 3.31. The van der Waals surface area contributed by atoms with Gasteiger partial charge >= 0.3 is 6.03 Å². The first-order valence-electron chi connectivity index (χ1n) is 6.13. The van der Waals surface area contributed by atoms with Crippen LogP contribution in [0, 0.1) is 20.8 Å². The number of carbonyl (C=O) groups is 1. The van der Waals surface area contributed by atoms with Gasteiger partial charge in [-0.1, -0.05) is 12.1 Å². The number of aromatic nitrogens is 1. The van der Waals surface area contributed by atoms with E-state index in [2.05, 4.69) is 15.6 Å². The lowest BCUT2D eigenvalue weighted by Gasteiger charge is -2.10. The zero-order chi connectivity index (χ0) is 13.8. The minimum Gasteiger partial charge on any atom is -0.308 e. The molecular formula is C15H17N3O. The largest absolute Gasteiger partial charge is 0.324 e. The van der Waals surface area contributed by atoms with Crippen molar-refractivity contribution in [3.63, 3.8) is 0 Å². The van der Waals surface area contributed by atoms with Gasteiger partial charge in [-0.25, -0.2) is 9.78 Å². The van der Waals surface area contributed by atoms with E-state index in [1.54, 1.807) is 6.20 Å². The molecule has 0 fully saturated rings. The quantitative estimate of drug-likeness (QED) is 0.860. The van der Waals surface area contributed by atoms with Gasteiger partial charge in [0.25, 0.3) is 0 Å². The van der Waals surface area contributed by atoms with Gasteiger partial charge in [-0.15, -0.1) is 0 Å². The van der Waals surface area contributed by atoms with Crippen LogP contribution in [0.3, 0.4) is 0 Å². The number of hydrogen-bond acceptors (Lipinski definition) is 2. The molecule has 1 heterocycles. The molecule has 19 heavy (non-hydrogen) atoms. The van der Waals surface area contributed by atoms with Crippen LogP contribution < -0.4 is 10.6 Å². The van der Waals surface area contributed by atoms with Crippen molar-refractivity contribution in [2.45, 2.75) is 20.8 Å². The topological polar surface area (TPSA) is 54.0 Å². The summed E-state index contributed by atoms with van der Waals surface area (Å²) in [5.41, 5.74) is 4.05. The number of benzene rings is 1. The molecule has 0 radical (unpaired) electrons. The standard InChI is InChI=1S/C15H17N3O/c1-10-6-7-13(9-12(10)3)17-15(19)18-14-11(2)5-4-8-16-14/h4-9H,1-3H3,(H2,16,17,18,19). The van der Waals surface area contributed by atoms with Crippen LogP contribution in [-0.4, -0.2) is 11.0 Å². The van der Waals surface area contributed by atoms with Crippen molar-refractivity contribution in [3.8, 4) is 0 Å². The van der Waals surface area contributed by atoms with Crippen molar-refractivity contribution >= 4 is 17.5 Å². The Kier molecular flexibility index (Phi) is 3.80. The fourth-order valence-corrected chi connectivity index (χ4v) is 1.71. The van der Waals surface area contributed by atoms with Crippen LogP contribution in [0.15, 0.2) is 36.5 Å². The molecule has 98 valence electrons. The maximum absolute atomic E-state index is 11.9. The molecule has 0 saturated carbocycles. The van der Waals surface area contributed by atoms with Crippen LogP contribution in [0.1, 0.15) is 16.7 Å². The average molecular weight is 255 g/mol. The molecule has 0 unspecified atom stereocenters. The number of hydrogen-bond donors (Lipinski definition) is 2. The van der Waals surface area contributed by atoms with E-state index in [9.17, 15) is 4.79 Å². The fourth-order valence-electron chi connectivity index (χ4n) is 1.71. The second-order valence-electron chi connectivity index (χ2n) is 4.55. The van der Waals surface area contributed by atoms with E-state index in [4.69, 9.17) is 0 Å². The molecule has 0 atom stereocenters. The second-order valence-corrected chi connectivity index (χ2v) is 4.55. The van der Waals surface area contributed by atoms with Gasteiger partial charge < -0.3 is 5.32 Å². The molecule has 2 amide bonds. The number of rotatable bonds is 2. The Hall–Kier alpha value is -2.36. The van der Waals surface area contributed by atoms with Gasteiger partial charge in [0.05, 0.1) is 0 Å². The number of pyridine rings is 1. The van der Waals surface area contributed by atoms with Crippen LogP contribution in [0.5, 0.6) is 0 Å². The lowest BCUT2D eigenvalue weighted by atomic mass is 10.1. The van der Waals surface area contributed by atoms with Gasteiger partial charge in [-0.05, 0) is 55.7 Å². The van der Waals surface area contributed by atoms with E-state index in [1.165, 1.54) is 5.56 Å². The SMILES string of the molecule is Cc1ccc(NC(=O)Nc2ncccc2C)cc1C. The molecule has 0 bridgehead atoms. The zero-order valence-corrected chi connectivity index (χ0v) is 11.3. The van der Waals surface area contributed by atoms with E-state index in [-0.39, 0.29) is 6.03 Å². The van der Waals surface area contributed by atoms with Gasteiger partial charge in [0, 0.05) is 11.9 Å². The predicted octanol–water partition coefficient (Wildman–Crippen LogP) is 3.65. The van der Waals surface area contributed by atoms with Gasteiger partial charge in [-0.2, -0.15) is 0 Å². The van der Waals surface area contributed by atoms with Crippen molar-refractivity contribution in [2.24, 2.45) is 0 Å². The lowest BCUT2D eigenvalue weighted by Crippen LogP contribution is -2.20. The zero-order valence-electron chi connectivity index (χ0n) is 11.3. The molecule has 0 spiro atoms. The molecule has 1 aromatic carbocycles. The first-order chi connectivity index (χ1) is 9.06. The average Bonchev–Trinajstić information content (AvgIpc) is 2.37. The summed E-state index contributed by atoms with van der Waals surface area (Å²) in [7, 11) is 0. The Morgan fingerprint density at radius 3 is 2.47 bits per heavy atom. The smallest absolute Gasteiger partial charge is 0.308 e. The summed E-state index contributed by atoms with van der Waals surface area (Å²) in [6.45, 7) is 5.95. The predicted molar refractivity (Wildman–Crippen MR) is 77.5 cm³/mol. The van der Waals surface area contributed by atoms with Crippen LogP contribution in [0.4, 0.5) is 16.3 Å². The number of amides is 2. The van der Waals surface area contributed by atoms with Crippen molar-refractivity contribution in [3.05, 3.63) is 53.2 Å². The monoisotopic (exact) mass is 255 g/mol. The number of carbonyl (C=O) groups excluding carboxylic acids is 1. The first kappa shape index (κ1) is 13.1. The molecular weight excluding hydrogens is 238 g/mol. The Balaban J connectivity index is 2.05. The highest BCUT2D eigenvalue weighted by Crippen LogP contribution is 2.15. The Bertz CT molecular complexity index is 608. The molecule has 2 aromatic rings. The minimum atomic E-state index is -0.287. The third-order valence-corrected chi connectivity index (χ3v) is 3.01. The van der Waals surface area contributed by atoms with E-state index < -0.39 is 0 Å². The Labute approximate surface area is 112 Å². The molecule has 4 heteroatoms. The van der Waals surface area contributed by atoms with Crippen molar-refractivity contribution < 1.29 is 4.79 Å². The molecule has 1 aromatic heterocycles. The summed E-state index contributed by atoms with van der Waals surface area (Å²) in [6.07, 6.45) is 1.65. The summed E-state index contributed by atoms with van der Waals surface area (Å²) in [4.78, 5) is 16.0. The number of nitrogens with zero attached hydrogens (tertiary/aromatic N) is 1. The molecule has 0 saturated heterocycles. The van der Waals surface area contributed by atoms with E-state index in [0.717, 1.165) is 16.8 Å². The van der Waals surface area contributed by atoms with Crippen LogP contribution in [-0.2, 0) is 0 Å². The minimum absolute atomic E-state index is 0.287. The highest BCUT2D eigenvalue weighted by atomic mass is 16.2. The van der Waals surface area contributed by atoms with Crippen molar-refractivity contribution in [1.29, 1.82) is 0 Å². The third-order valence-electron chi connectivity index (χ3n) is 3.01. The van der Waals surface area contributed by atoms with Gasteiger partial charge in [-0.3, -0.25) is 5.32 Å². The maximum Gasteiger partial charge on any atom is 0.324 e. The highest BCUT2D eigenvalue weighted by Gasteiger charge is 2.05. The van der Waals surface area contributed by atoms with E-state index >= 15 is 0 Å². The molecule has 2 rings (SSSR count). The van der Waals surface area contributed by atoms with Crippen molar-refractivity contribution in [2.75, 3.05) is 10.6 Å². The summed E-state index contributed by atoms with van der Waals surface area (Å²) in [5.74, 6) is 0.573. The first-order valence-corrected chi connectivity index (χ1v) is 6.13. The van der Waals surface area contributed by atoms with Gasteiger partial charge in [0.15, 0.2) is 0 Å². The van der Waals surface area contributed by atoms with Gasteiger partial charge in [0.1, 0.15) is 5.82 Å². The van der Waals surface area contributed by atoms with Crippen molar-refractivity contribution in [1.82, 2.24) is 4.98 Å². The molecule has 0 aliphatic carbocycles. The Morgan fingerprint density at radius 1 is 1.00 bits per heavy atom. The molecule has 0 aliphatic rings. The summed E-state index contributed by atoms with van der Waals surface area (Å²) in [5, 5.41) is 5.53. The van der Waals surface area contributed by atoms with Crippen LogP contribution >= 0.6 is 0 Å². The fraction of sp³-hybridized carbons (Fsp3) is 0.200. The van der Waals surface area contributed by atoms with E-state index in [1.807, 2.05) is 51.1 Å². The maximum atomic E-state index is 11.9. The normalized spacial score (nSPS) is 10.1. The lowest BCUT2D eigenvalue weighted by molar-refractivity contribution is 0.262. The van der Waals surface area contributed by atoms with E-state index in [0.29, 0.717) is 5.82 Å². The second kappa shape index (κ2) is 5.52. The summed E-state index contributed by atoms with van der Waals surface area (Å²) < 4.78 is 0. The molecule has 4 nitrogen and oxygen atoms in total. The molecule has 2 N–H and O–H groups in total. The highest BCUT2D eigenvalue weighted by molar-refractivity contribution is 5.99. The van der Waals surface area contributed by atoms with Crippen LogP contribution in [0.25, 0.3) is 0 Å². The summed E-state index contributed by atoms with van der Waals surface area (Å²) >= 11 is 0. The van der Waals surface area contributed by atoms with Crippen LogP contribution in [0.2, 0.25) is 0 Å². The number of anilines is 2. The number of aryl methyl sites for hydroxylation is 3. The van der Waals surface area contributed by atoms with Gasteiger partial charge in [0.2, 0.25) is 0 Å². The number of nitrogens with one attached hydrogen (secondary N) is 2. The molecule has 0 aliphatic heterocycles. The summed E-state index contributed by atoms with van der Waals surface area (Å²) in [6, 6.07) is 9.26.